The van der Waals surface area contributed by atoms with Gasteiger partial charge in [0.15, 0.2) is 17.4 Å². The van der Waals surface area contributed by atoms with Crippen LogP contribution >= 0.6 is 0 Å². The minimum absolute atomic E-state index is 0.0626. The van der Waals surface area contributed by atoms with E-state index in [0.29, 0.717) is 44.9 Å². The summed E-state index contributed by atoms with van der Waals surface area (Å²) in [5.41, 5.74) is -3.63. The number of aliphatic hydroxyl groups excluding tert-OH is 1. The maximum Gasteiger partial charge on any atom is 0.308 e. The van der Waals surface area contributed by atoms with E-state index in [-0.39, 0.29) is 54.8 Å². The van der Waals surface area contributed by atoms with Crippen LogP contribution in [0.15, 0.2) is 0 Å². The average molecular weight is 813 g/mol. The molecule has 13 heteroatoms. The Labute approximate surface area is 340 Å². The first kappa shape index (κ1) is 46.8. The highest BCUT2D eigenvalue weighted by Crippen LogP contribution is 2.48. The van der Waals surface area contributed by atoms with Crippen LogP contribution in [0.25, 0.3) is 0 Å². The second kappa shape index (κ2) is 17.2. The highest BCUT2D eigenvalue weighted by Gasteiger charge is 2.56. The predicted molar refractivity (Wildman–Crippen MR) is 211 cm³/mol. The third-order valence-corrected chi connectivity index (χ3v) is 15.5. The van der Waals surface area contributed by atoms with Gasteiger partial charge in [-0.1, -0.05) is 41.5 Å². The van der Waals surface area contributed by atoms with Crippen molar-refractivity contribution in [1.29, 1.82) is 0 Å². The van der Waals surface area contributed by atoms with Crippen LogP contribution in [0.3, 0.4) is 0 Å². The van der Waals surface area contributed by atoms with Crippen molar-refractivity contribution >= 4 is 11.8 Å². The second-order valence-corrected chi connectivity index (χ2v) is 20.3. The molecule has 0 spiro atoms. The molecule has 0 saturated carbocycles. The summed E-state index contributed by atoms with van der Waals surface area (Å²) < 4.78 is 32.0. The molecule has 0 aromatic carbocycles. The molecule has 5 fully saturated rings. The summed E-state index contributed by atoms with van der Waals surface area (Å²) in [7, 11) is 0. The first-order chi connectivity index (χ1) is 26.2. The van der Waals surface area contributed by atoms with Crippen molar-refractivity contribution < 1.29 is 63.9 Å². The Morgan fingerprint density at radius 3 is 2.00 bits per heavy atom. The van der Waals surface area contributed by atoms with Crippen molar-refractivity contribution in [2.45, 2.75) is 224 Å². The summed E-state index contributed by atoms with van der Waals surface area (Å²) in [5.74, 6) is -7.03. The lowest BCUT2D eigenvalue weighted by atomic mass is 9.74. The third-order valence-electron chi connectivity index (χ3n) is 15.5. The van der Waals surface area contributed by atoms with Crippen LogP contribution in [0.5, 0.6) is 0 Å². The van der Waals surface area contributed by atoms with Gasteiger partial charge in [0.2, 0.25) is 0 Å². The Morgan fingerprint density at radius 1 is 0.789 bits per heavy atom. The number of carboxylic acids is 1. The zero-order valence-corrected chi connectivity index (χ0v) is 36.5. The van der Waals surface area contributed by atoms with E-state index in [1.165, 1.54) is 6.92 Å². The fourth-order valence-corrected chi connectivity index (χ4v) is 10.6. The molecular formula is C44H76O13. The highest BCUT2D eigenvalue weighted by atomic mass is 16.7. The number of carbonyl (C=O) groups excluding carboxylic acids is 1. The lowest BCUT2D eigenvalue weighted by Gasteiger charge is -2.51. The number of Topliss-reactive ketones (excluding diaryl/α,β-unsaturated/α-hetero) is 1. The van der Waals surface area contributed by atoms with Crippen molar-refractivity contribution in [2.24, 2.45) is 41.4 Å². The Hall–Kier alpha value is -1.26. The van der Waals surface area contributed by atoms with Gasteiger partial charge in [0, 0.05) is 37.0 Å². The van der Waals surface area contributed by atoms with E-state index < -0.39 is 88.4 Å². The minimum atomic E-state index is -1.93. The van der Waals surface area contributed by atoms with Crippen molar-refractivity contribution in [1.82, 2.24) is 0 Å². The number of hydrogen-bond acceptors (Lipinski definition) is 12. The number of ether oxygens (including phenoxy) is 5. The normalized spacial score (nSPS) is 48.4. The Bertz CT molecular complexity index is 1410. The lowest BCUT2D eigenvalue weighted by Crippen LogP contribution is -2.58. The van der Waals surface area contributed by atoms with Crippen molar-refractivity contribution in [3.63, 3.8) is 0 Å². The number of aliphatic carboxylic acids is 1. The van der Waals surface area contributed by atoms with Gasteiger partial charge in [-0.15, -0.1) is 0 Å². The van der Waals surface area contributed by atoms with Crippen LogP contribution in [-0.2, 0) is 33.3 Å². The molecule has 5 heterocycles. The lowest BCUT2D eigenvalue weighted by molar-refractivity contribution is -0.344. The van der Waals surface area contributed by atoms with Gasteiger partial charge in [-0.05, 0) is 104 Å². The molecule has 0 bridgehead atoms. The summed E-state index contributed by atoms with van der Waals surface area (Å²) in [4.78, 5) is 25.7. The smallest absolute Gasteiger partial charge is 0.308 e. The summed E-state index contributed by atoms with van der Waals surface area (Å²) in [6.07, 6.45) is 0.833. The first-order valence-corrected chi connectivity index (χ1v) is 21.9. The number of carboxylic acid groups (broad SMARTS) is 1. The second-order valence-electron chi connectivity index (χ2n) is 20.3. The maximum atomic E-state index is 13.9. The quantitative estimate of drug-likeness (QED) is 0.143. The highest BCUT2D eigenvalue weighted by molar-refractivity contribution is 5.89. The summed E-state index contributed by atoms with van der Waals surface area (Å²) in [6, 6.07) is 0. The van der Waals surface area contributed by atoms with Gasteiger partial charge >= 0.3 is 5.97 Å². The fraction of sp³-hybridized carbons (Fsp3) is 0.955. The van der Waals surface area contributed by atoms with E-state index in [0.717, 1.165) is 12.8 Å². The monoisotopic (exact) mass is 813 g/mol. The molecule has 0 aliphatic carbocycles. The van der Waals surface area contributed by atoms with Gasteiger partial charge in [-0.25, -0.2) is 0 Å². The van der Waals surface area contributed by atoms with Gasteiger partial charge in [0.05, 0.1) is 66.0 Å². The van der Waals surface area contributed by atoms with Crippen LogP contribution in [0.4, 0.5) is 0 Å². The average Bonchev–Trinajstić information content (AvgIpc) is 3.54. The van der Waals surface area contributed by atoms with E-state index in [1.807, 2.05) is 41.5 Å². The predicted octanol–water partition coefficient (Wildman–Crippen LogP) is 5.13. The number of carbonyl (C=O) groups is 2. The molecule has 330 valence electrons. The molecule has 20 unspecified atom stereocenters. The zero-order chi connectivity index (χ0) is 42.6. The number of ketones is 1. The molecule has 5 rings (SSSR count). The van der Waals surface area contributed by atoms with Crippen LogP contribution < -0.4 is 0 Å². The number of hydrogen-bond donors (Lipinski definition) is 6. The molecule has 0 radical (unpaired) electrons. The summed E-state index contributed by atoms with van der Waals surface area (Å²) in [6.45, 7) is 20.1. The van der Waals surface area contributed by atoms with E-state index in [9.17, 15) is 40.2 Å². The van der Waals surface area contributed by atoms with Crippen LogP contribution in [0.2, 0.25) is 0 Å². The Balaban J connectivity index is 1.21. The molecule has 5 saturated heterocycles. The van der Waals surface area contributed by atoms with Gasteiger partial charge in [0.1, 0.15) is 5.60 Å². The molecular weight excluding hydrogens is 736 g/mol. The third kappa shape index (κ3) is 9.79. The standard InChI is InChI=1S/C44H76O13/c1-23-12-13-31(54-37(23)29(7)39(47)48)20-33-24(2)18-27(5)44(52,55-33)22-34-25(3)19-26(4)43(51,56-34)21-32(45)28(6)38(46)42(11,50)36-15-17-41(10,57-36)35-14-16-40(9,49)30(8)53-35/h23-37,45,49-52H,12-22H2,1-11H3,(H,47,48). The number of rotatable bonds is 13. The van der Waals surface area contributed by atoms with Gasteiger partial charge in [0.25, 0.3) is 0 Å². The molecule has 57 heavy (non-hydrogen) atoms. The van der Waals surface area contributed by atoms with Crippen LogP contribution in [-0.4, -0.2) is 120 Å². The van der Waals surface area contributed by atoms with E-state index >= 15 is 0 Å². The van der Waals surface area contributed by atoms with Gasteiger partial charge in [-0.3, -0.25) is 9.59 Å². The molecule has 20 atom stereocenters. The summed E-state index contributed by atoms with van der Waals surface area (Å²) >= 11 is 0. The first-order valence-electron chi connectivity index (χ1n) is 21.9. The van der Waals surface area contributed by atoms with Crippen molar-refractivity contribution in [3.8, 4) is 0 Å². The number of aliphatic hydroxyl groups is 5. The Morgan fingerprint density at radius 2 is 1.39 bits per heavy atom. The van der Waals surface area contributed by atoms with E-state index in [2.05, 4.69) is 6.92 Å². The molecule has 13 nitrogen and oxygen atoms in total. The minimum Gasteiger partial charge on any atom is -0.481 e. The molecule has 6 N–H and O–H groups in total. The van der Waals surface area contributed by atoms with Crippen LogP contribution in [0, 0.1) is 41.4 Å². The zero-order valence-electron chi connectivity index (χ0n) is 36.5. The summed E-state index contributed by atoms with van der Waals surface area (Å²) in [5, 5.41) is 67.7. The largest absolute Gasteiger partial charge is 0.481 e. The molecule has 0 aromatic heterocycles. The fourth-order valence-electron chi connectivity index (χ4n) is 10.6. The van der Waals surface area contributed by atoms with E-state index in [4.69, 9.17) is 23.7 Å². The molecule has 5 aliphatic rings. The van der Waals surface area contributed by atoms with Crippen molar-refractivity contribution in [2.75, 3.05) is 0 Å². The van der Waals surface area contributed by atoms with Crippen LogP contribution in [0.1, 0.15) is 147 Å². The van der Waals surface area contributed by atoms with E-state index in [1.54, 1.807) is 20.8 Å². The Kier molecular flexibility index (Phi) is 14.2. The molecule has 0 aromatic rings. The maximum absolute atomic E-state index is 13.9. The van der Waals surface area contributed by atoms with Crippen molar-refractivity contribution in [3.05, 3.63) is 0 Å². The molecule has 5 aliphatic heterocycles. The van der Waals surface area contributed by atoms with Gasteiger partial charge < -0.3 is 54.3 Å². The van der Waals surface area contributed by atoms with Gasteiger partial charge in [-0.2, -0.15) is 0 Å². The SMILES string of the molecule is CC1CC(C)C(O)(CC(O)C(C)C(=O)C(C)(O)C2CCC(C)(C3CCC(C)(O)C(C)O3)O2)OC1CC1(O)OC(CC2CCC(C)C(C(C)C(=O)O)O2)C(C)CC1C. The topological polar surface area (TPSA) is 202 Å². The molecule has 0 amide bonds.